The highest BCUT2D eigenvalue weighted by atomic mass is 32.1. The summed E-state index contributed by atoms with van der Waals surface area (Å²) in [7, 11) is 0. The molecule has 2 aromatic heterocycles. The maximum atomic E-state index is 5.56. The lowest BCUT2D eigenvalue weighted by Crippen LogP contribution is -2.41. The van der Waals surface area contributed by atoms with Gasteiger partial charge >= 0.3 is 0 Å². The molecule has 1 fully saturated rings. The fourth-order valence-electron chi connectivity index (χ4n) is 3.76. The Kier molecular flexibility index (Phi) is 8.72. The van der Waals surface area contributed by atoms with Crippen molar-refractivity contribution in [3.05, 3.63) is 39.3 Å². The van der Waals surface area contributed by atoms with Gasteiger partial charge in [-0.2, -0.15) is 5.10 Å². The van der Waals surface area contributed by atoms with E-state index in [9.17, 15) is 0 Å². The molecule has 3 rings (SSSR count). The summed E-state index contributed by atoms with van der Waals surface area (Å²) in [6.45, 7) is 15.3. The van der Waals surface area contributed by atoms with Crippen molar-refractivity contribution in [2.75, 3.05) is 45.9 Å². The highest BCUT2D eigenvalue weighted by Crippen LogP contribution is 2.28. The third kappa shape index (κ3) is 6.55. The van der Waals surface area contributed by atoms with Crippen LogP contribution >= 0.6 is 11.3 Å². The number of morpholine rings is 1. The SMILES string of the molecule is CCNC(=NCC(c1ccc(C)s1)N1CCOCC1)NCCCn1nc(C)cc1C. The first-order valence-electron chi connectivity index (χ1n) is 11.0. The van der Waals surface area contributed by atoms with Crippen LogP contribution in [0.1, 0.15) is 40.5 Å². The lowest BCUT2D eigenvalue weighted by Gasteiger charge is -2.33. The number of nitrogens with zero attached hydrogens (tertiary/aromatic N) is 4. The smallest absolute Gasteiger partial charge is 0.191 e. The molecule has 2 aromatic rings. The van der Waals surface area contributed by atoms with Gasteiger partial charge in [0, 0.05) is 48.2 Å². The Hall–Kier alpha value is -1.90. The van der Waals surface area contributed by atoms with E-state index in [0.717, 1.165) is 70.6 Å². The zero-order chi connectivity index (χ0) is 21.3. The van der Waals surface area contributed by atoms with Gasteiger partial charge in [-0.1, -0.05) is 0 Å². The summed E-state index contributed by atoms with van der Waals surface area (Å²) >= 11 is 1.87. The molecule has 0 bridgehead atoms. The van der Waals surface area contributed by atoms with Crippen molar-refractivity contribution in [2.45, 2.75) is 46.7 Å². The lowest BCUT2D eigenvalue weighted by atomic mass is 10.2. The van der Waals surface area contributed by atoms with Crippen molar-refractivity contribution in [3.8, 4) is 0 Å². The number of rotatable bonds is 9. The number of aryl methyl sites for hydroxylation is 4. The van der Waals surface area contributed by atoms with E-state index >= 15 is 0 Å². The third-order valence-corrected chi connectivity index (χ3v) is 6.39. The molecule has 0 saturated carbocycles. The van der Waals surface area contributed by atoms with Crippen molar-refractivity contribution < 1.29 is 4.74 Å². The molecule has 7 nitrogen and oxygen atoms in total. The molecule has 8 heteroatoms. The molecular weight excluding hydrogens is 396 g/mol. The summed E-state index contributed by atoms with van der Waals surface area (Å²) in [6, 6.07) is 6.89. The Bertz CT molecular complexity index is 808. The molecule has 0 aromatic carbocycles. The van der Waals surface area contributed by atoms with Gasteiger partial charge < -0.3 is 15.4 Å². The summed E-state index contributed by atoms with van der Waals surface area (Å²) in [4.78, 5) is 10.2. The molecule has 30 heavy (non-hydrogen) atoms. The third-order valence-electron chi connectivity index (χ3n) is 5.29. The normalized spacial score (nSPS) is 16.6. The second-order valence-electron chi connectivity index (χ2n) is 7.76. The maximum Gasteiger partial charge on any atom is 0.191 e. The average molecular weight is 433 g/mol. The first kappa shape index (κ1) is 22.8. The summed E-state index contributed by atoms with van der Waals surface area (Å²) in [6.07, 6.45) is 1.00. The zero-order valence-electron chi connectivity index (χ0n) is 18.8. The summed E-state index contributed by atoms with van der Waals surface area (Å²) in [5.74, 6) is 0.886. The van der Waals surface area contributed by atoms with Gasteiger partial charge in [-0.25, -0.2) is 0 Å². The van der Waals surface area contributed by atoms with E-state index in [-0.39, 0.29) is 0 Å². The minimum Gasteiger partial charge on any atom is -0.379 e. The van der Waals surface area contributed by atoms with Crippen LogP contribution in [0.15, 0.2) is 23.2 Å². The van der Waals surface area contributed by atoms with Crippen LogP contribution in [0.25, 0.3) is 0 Å². The van der Waals surface area contributed by atoms with Gasteiger partial charge in [0.1, 0.15) is 0 Å². The Balaban J connectivity index is 1.58. The van der Waals surface area contributed by atoms with Crippen molar-refractivity contribution in [3.63, 3.8) is 0 Å². The fourth-order valence-corrected chi connectivity index (χ4v) is 4.77. The Morgan fingerprint density at radius 3 is 2.67 bits per heavy atom. The van der Waals surface area contributed by atoms with Gasteiger partial charge in [0.15, 0.2) is 5.96 Å². The van der Waals surface area contributed by atoms with Crippen LogP contribution in [-0.2, 0) is 11.3 Å². The molecular formula is C22H36N6OS. The fraction of sp³-hybridized carbons (Fsp3) is 0.636. The maximum absolute atomic E-state index is 5.56. The number of ether oxygens (including phenoxy) is 1. The van der Waals surface area contributed by atoms with E-state index < -0.39 is 0 Å². The van der Waals surface area contributed by atoms with Gasteiger partial charge in [0.25, 0.3) is 0 Å². The van der Waals surface area contributed by atoms with Crippen molar-refractivity contribution in [1.82, 2.24) is 25.3 Å². The molecule has 2 N–H and O–H groups in total. The van der Waals surface area contributed by atoms with E-state index in [2.05, 4.69) is 64.3 Å². The molecule has 1 aliphatic heterocycles. The van der Waals surface area contributed by atoms with Gasteiger partial charge in [-0.15, -0.1) is 11.3 Å². The molecule has 1 aliphatic rings. The van der Waals surface area contributed by atoms with E-state index in [1.807, 2.05) is 18.3 Å². The van der Waals surface area contributed by atoms with Crippen molar-refractivity contribution >= 4 is 17.3 Å². The average Bonchev–Trinajstić information content (AvgIpc) is 3.30. The number of hydrogen-bond acceptors (Lipinski definition) is 5. The number of guanidine groups is 1. The first-order chi connectivity index (χ1) is 14.6. The number of aromatic nitrogens is 2. The summed E-state index contributed by atoms with van der Waals surface area (Å²) in [5.41, 5.74) is 2.29. The van der Waals surface area contributed by atoms with E-state index in [1.54, 1.807) is 0 Å². The molecule has 3 heterocycles. The van der Waals surface area contributed by atoms with Gasteiger partial charge in [-0.3, -0.25) is 14.6 Å². The predicted molar refractivity (Wildman–Crippen MR) is 124 cm³/mol. The molecule has 1 saturated heterocycles. The van der Waals surface area contributed by atoms with Crippen LogP contribution in [0.4, 0.5) is 0 Å². The highest BCUT2D eigenvalue weighted by molar-refractivity contribution is 7.12. The Morgan fingerprint density at radius 1 is 1.23 bits per heavy atom. The van der Waals surface area contributed by atoms with Gasteiger partial charge in [-0.05, 0) is 52.3 Å². The zero-order valence-corrected chi connectivity index (χ0v) is 19.6. The summed E-state index contributed by atoms with van der Waals surface area (Å²) in [5, 5.41) is 11.4. The molecule has 0 aliphatic carbocycles. The molecule has 166 valence electrons. The minimum atomic E-state index is 0.303. The minimum absolute atomic E-state index is 0.303. The van der Waals surface area contributed by atoms with Crippen LogP contribution in [0.5, 0.6) is 0 Å². The lowest BCUT2D eigenvalue weighted by molar-refractivity contribution is 0.0186. The predicted octanol–water partition coefficient (Wildman–Crippen LogP) is 2.89. The molecule has 1 unspecified atom stereocenters. The first-order valence-corrected chi connectivity index (χ1v) is 11.8. The van der Waals surface area contributed by atoms with Crippen LogP contribution in [0.3, 0.4) is 0 Å². The van der Waals surface area contributed by atoms with E-state index in [1.165, 1.54) is 15.4 Å². The van der Waals surface area contributed by atoms with E-state index in [4.69, 9.17) is 9.73 Å². The molecule has 0 spiro atoms. The number of thiophene rings is 1. The van der Waals surface area contributed by atoms with Gasteiger partial charge in [0.05, 0.1) is 31.5 Å². The van der Waals surface area contributed by atoms with Crippen LogP contribution in [-0.4, -0.2) is 66.6 Å². The quantitative estimate of drug-likeness (QED) is 0.362. The topological polar surface area (TPSA) is 66.7 Å². The monoisotopic (exact) mass is 432 g/mol. The molecule has 1 atom stereocenters. The number of nitrogens with one attached hydrogen (secondary N) is 2. The number of aliphatic imine (C=N–C) groups is 1. The molecule has 0 amide bonds. The standard InChI is InChI=1S/C22H36N6OS/c1-5-23-22(24-9-6-10-28-18(3)15-17(2)26-28)25-16-20(21-8-7-19(4)30-21)27-11-13-29-14-12-27/h7-8,15,20H,5-6,9-14,16H2,1-4H3,(H2,23,24,25). The van der Waals surface area contributed by atoms with Crippen LogP contribution < -0.4 is 10.6 Å². The Morgan fingerprint density at radius 2 is 2.03 bits per heavy atom. The second-order valence-corrected chi connectivity index (χ2v) is 9.08. The van der Waals surface area contributed by atoms with Crippen molar-refractivity contribution in [1.29, 1.82) is 0 Å². The van der Waals surface area contributed by atoms with Gasteiger partial charge in [0.2, 0.25) is 0 Å². The van der Waals surface area contributed by atoms with E-state index in [0.29, 0.717) is 6.04 Å². The highest BCUT2D eigenvalue weighted by Gasteiger charge is 2.23. The van der Waals surface area contributed by atoms with Crippen molar-refractivity contribution in [2.24, 2.45) is 4.99 Å². The van der Waals surface area contributed by atoms with Crippen LogP contribution in [0.2, 0.25) is 0 Å². The largest absolute Gasteiger partial charge is 0.379 e. The molecule has 0 radical (unpaired) electrons. The summed E-state index contributed by atoms with van der Waals surface area (Å²) < 4.78 is 7.64. The van der Waals surface area contributed by atoms with Crippen LogP contribution in [0, 0.1) is 20.8 Å². The number of hydrogen-bond donors (Lipinski definition) is 2. The Labute approximate surface area is 184 Å². The second kappa shape index (κ2) is 11.5.